The highest BCUT2D eigenvalue weighted by atomic mass is 32.2. The molecule has 1 N–H and O–H groups in total. The molecule has 0 aliphatic heterocycles. The Kier molecular flexibility index (Phi) is 5.11. The van der Waals surface area contributed by atoms with Crippen LogP contribution in [0.3, 0.4) is 0 Å². The van der Waals surface area contributed by atoms with Crippen molar-refractivity contribution in [3.05, 3.63) is 24.3 Å². The van der Waals surface area contributed by atoms with Crippen LogP contribution < -0.4 is 9.62 Å². The SMILES string of the molecule is CCC(CC)C(=O)Nc1ccc(N(C2CC2)S(C)(=O)=O)cc1. The van der Waals surface area contributed by atoms with Gasteiger partial charge in [-0.15, -0.1) is 0 Å². The van der Waals surface area contributed by atoms with Crippen LogP contribution in [0.15, 0.2) is 24.3 Å². The van der Waals surface area contributed by atoms with E-state index in [1.165, 1.54) is 10.6 Å². The van der Waals surface area contributed by atoms with Gasteiger partial charge in [0.15, 0.2) is 0 Å². The van der Waals surface area contributed by atoms with E-state index in [1.54, 1.807) is 24.3 Å². The number of hydrogen-bond acceptors (Lipinski definition) is 3. The first-order chi connectivity index (χ1) is 10.4. The van der Waals surface area contributed by atoms with Crippen LogP contribution >= 0.6 is 0 Å². The van der Waals surface area contributed by atoms with Crippen LogP contribution in [0.25, 0.3) is 0 Å². The first kappa shape index (κ1) is 16.8. The molecule has 2 rings (SSSR count). The van der Waals surface area contributed by atoms with Crippen molar-refractivity contribution in [2.45, 2.75) is 45.6 Å². The van der Waals surface area contributed by atoms with Gasteiger partial charge in [-0.25, -0.2) is 8.42 Å². The molecule has 1 aliphatic rings. The first-order valence-corrected chi connectivity index (χ1v) is 9.62. The van der Waals surface area contributed by atoms with E-state index in [4.69, 9.17) is 0 Å². The number of amides is 1. The smallest absolute Gasteiger partial charge is 0.232 e. The van der Waals surface area contributed by atoms with E-state index in [1.807, 2.05) is 13.8 Å². The lowest BCUT2D eigenvalue weighted by atomic mass is 10.0. The summed E-state index contributed by atoms with van der Waals surface area (Å²) in [5.74, 6) is 0.0265. The van der Waals surface area contributed by atoms with Crippen LogP contribution in [0.4, 0.5) is 11.4 Å². The minimum Gasteiger partial charge on any atom is -0.326 e. The van der Waals surface area contributed by atoms with Crippen LogP contribution in [-0.4, -0.2) is 26.6 Å². The van der Waals surface area contributed by atoms with Crippen molar-refractivity contribution in [3.63, 3.8) is 0 Å². The lowest BCUT2D eigenvalue weighted by Gasteiger charge is -2.22. The summed E-state index contributed by atoms with van der Waals surface area (Å²) in [5, 5.41) is 2.89. The number of carbonyl (C=O) groups excluding carboxylic acids is 1. The van der Waals surface area contributed by atoms with Gasteiger partial charge in [0.25, 0.3) is 0 Å². The summed E-state index contributed by atoms with van der Waals surface area (Å²) in [4.78, 5) is 12.1. The molecular weight excluding hydrogens is 300 g/mol. The lowest BCUT2D eigenvalue weighted by Crippen LogP contribution is -2.31. The lowest BCUT2D eigenvalue weighted by molar-refractivity contribution is -0.120. The topological polar surface area (TPSA) is 66.5 Å². The quantitative estimate of drug-likeness (QED) is 0.838. The second-order valence-corrected chi connectivity index (χ2v) is 7.70. The molecule has 0 bridgehead atoms. The van der Waals surface area contributed by atoms with Crippen molar-refractivity contribution in [2.75, 3.05) is 15.9 Å². The molecule has 0 unspecified atom stereocenters. The summed E-state index contributed by atoms with van der Waals surface area (Å²) >= 11 is 0. The van der Waals surface area contributed by atoms with Gasteiger partial charge in [-0.3, -0.25) is 9.10 Å². The first-order valence-electron chi connectivity index (χ1n) is 7.77. The van der Waals surface area contributed by atoms with E-state index >= 15 is 0 Å². The molecule has 0 atom stereocenters. The van der Waals surface area contributed by atoms with Crippen LogP contribution in [0.1, 0.15) is 39.5 Å². The fourth-order valence-corrected chi connectivity index (χ4v) is 3.83. The third-order valence-corrected chi connectivity index (χ3v) is 5.21. The Labute approximate surface area is 132 Å². The van der Waals surface area contributed by atoms with E-state index in [9.17, 15) is 13.2 Å². The van der Waals surface area contributed by atoms with E-state index in [2.05, 4.69) is 5.32 Å². The Morgan fingerprint density at radius 3 is 2.18 bits per heavy atom. The molecule has 1 aromatic carbocycles. The second kappa shape index (κ2) is 6.69. The number of sulfonamides is 1. The molecule has 1 aromatic rings. The van der Waals surface area contributed by atoms with Crippen molar-refractivity contribution in [1.29, 1.82) is 0 Å². The Morgan fingerprint density at radius 2 is 1.77 bits per heavy atom. The summed E-state index contributed by atoms with van der Waals surface area (Å²) in [6.07, 6.45) is 4.66. The molecule has 1 aliphatic carbocycles. The molecule has 0 saturated heterocycles. The maximum absolute atomic E-state index is 12.1. The number of rotatable bonds is 7. The monoisotopic (exact) mass is 324 g/mol. The van der Waals surface area contributed by atoms with Gasteiger partial charge in [-0.05, 0) is 49.9 Å². The number of carbonyl (C=O) groups is 1. The fourth-order valence-electron chi connectivity index (χ4n) is 2.58. The summed E-state index contributed by atoms with van der Waals surface area (Å²) in [6.45, 7) is 3.99. The zero-order valence-corrected chi connectivity index (χ0v) is 14.2. The van der Waals surface area contributed by atoms with Crippen LogP contribution in [-0.2, 0) is 14.8 Å². The zero-order valence-electron chi connectivity index (χ0n) is 13.4. The molecule has 6 heteroatoms. The van der Waals surface area contributed by atoms with Crippen molar-refractivity contribution < 1.29 is 13.2 Å². The van der Waals surface area contributed by atoms with Gasteiger partial charge in [0, 0.05) is 17.6 Å². The van der Waals surface area contributed by atoms with Crippen LogP contribution in [0.5, 0.6) is 0 Å². The minimum atomic E-state index is -3.27. The maximum Gasteiger partial charge on any atom is 0.232 e. The highest BCUT2D eigenvalue weighted by Gasteiger charge is 2.35. The van der Waals surface area contributed by atoms with Gasteiger partial charge in [0.2, 0.25) is 15.9 Å². The summed E-state index contributed by atoms with van der Waals surface area (Å²) < 4.78 is 25.3. The molecule has 0 heterocycles. The van der Waals surface area contributed by atoms with Crippen molar-refractivity contribution in [2.24, 2.45) is 5.92 Å². The largest absolute Gasteiger partial charge is 0.326 e. The molecule has 1 saturated carbocycles. The van der Waals surface area contributed by atoms with Gasteiger partial charge < -0.3 is 5.32 Å². The Hall–Kier alpha value is -1.56. The Morgan fingerprint density at radius 1 is 1.23 bits per heavy atom. The second-order valence-electron chi connectivity index (χ2n) is 5.84. The van der Waals surface area contributed by atoms with E-state index in [0.717, 1.165) is 25.7 Å². The average Bonchev–Trinajstić information content (AvgIpc) is 3.25. The summed E-state index contributed by atoms with van der Waals surface area (Å²) in [5.41, 5.74) is 1.36. The van der Waals surface area contributed by atoms with Crippen molar-refractivity contribution in [1.82, 2.24) is 0 Å². The number of hydrogen-bond donors (Lipinski definition) is 1. The highest BCUT2D eigenvalue weighted by molar-refractivity contribution is 7.92. The average molecular weight is 324 g/mol. The molecule has 5 nitrogen and oxygen atoms in total. The number of nitrogens with zero attached hydrogens (tertiary/aromatic N) is 1. The summed E-state index contributed by atoms with van der Waals surface area (Å²) in [6, 6.07) is 7.11. The van der Waals surface area contributed by atoms with Gasteiger partial charge in [-0.1, -0.05) is 13.8 Å². The predicted molar refractivity (Wildman–Crippen MR) is 89.5 cm³/mol. The van der Waals surface area contributed by atoms with Crippen molar-refractivity contribution in [3.8, 4) is 0 Å². The zero-order chi connectivity index (χ0) is 16.3. The molecule has 0 radical (unpaired) electrons. The number of benzene rings is 1. The highest BCUT2D eigenvalue weighted by Crippen LogP contribution is 2.34. The van der Waals surface area contributed by atoms with Gasteiger partial charge in [0.1, 0.15) is 0 Å². The van der Waals surface area contributed by atoms with Crippen molar-refractivity contribution >= 4 is 27.3 Å². The molecule has 0 aromatic heterocycles. The standard InChI is InChI=1S/C16H24N2O3S/c1-4-12(5-2)16(19)17-13-6-8-14(9-7-13)18(15-10-11-15)22(3,20)21/h6-9,12,15H,4-5,10-11H2,1-3H3,(H,17,19). The van der Waals surface area contributed by atoms with Gasteiger partial charge in [-0.2, -0.15) is 0 Å². The normalized spacial score (nSPS) is 14.9. The Balaban J connectivity index is 2.11. The predicted octanol–water partition coefficient (Wildman–Crippen LogP) is 2.99. The molecule has 1 amide bonds. The molecule has 1 fully saturated rings. The van der Waals surface area contributed by atoms with E-state index in [0.29, 0.717) is 11.4 Å². The van der Waals surface area contributed by atoms with E-state index in [-0.39, 0.29) is 17.9 Å². The van der Waals surface area contributed by atoms with Gasteiger partial charge >= 0.3 is 0 Å². The molecule has 22 heavy (non-hydrogen) atoms. The minimum absolute atomic E-state index is 0.0126. The third-order valence-electron chi connectivity index (χ3n) is 3.98. The summed E-state index contributed by atoms with van der Waals surface area (Å²) in [7, 11) is -3.27. The fraction of sp³-hybridized carbons (Fsp3) is 0.562. The Bertz CT molecular complexity index is 617. The van der Waals surface area contributed by atoms with Crippen LogP contribution in [0, 0.1) is 5.92 Å². The maximum atomic E-state index is 12.1. The molecule has 122 valence electrons. The third kappa shape index (κ3) is 4.00. The van der Waals surface area contributed by atoms with Crippen LogP contribution in [0.2, 0.25) is 0 Å². The molecular formula is C16H24N2O3S. The number of nitrogens with one attached hydrogen (secondary N) is 1. The molecule has 0 spiro atoms. The van der Waals surface area contributed by atoms with Gasteiger partial charge in [0.05, 0.1) is 11.9 Å². The number of anilines is 2. The van der Waals surface area contributed by atoms with E-state index < -0.39 is 10.0 Å².